The number of hydrogen-bond donors (Lipinski definition) is 1. The topological polar surface area (TPSA) is 37.8 Å². The van der Waals surface area contributed by atoms with E-state index >= 15 is 0 Å². The van der Waals surface area contributed by atoms with Crippen molar-refractivity contribution >= 4 is 22.7 Å². The van der Waals surface area contributed by atoms with Crippen molar-refractivity contribution < 1.29 is 0 Å². The van der Waals surface area contributed by atoms with Crippen molar-refractivity contribution in [3.05, 3.63) is 60.4 Å². The van der Waals surface area contributed by atoms with Crippen LogP contribution in [0.4, 0.5) is 0 Å². The standard InChI is InChI=1S/C16H15N3S/c1-17-10-12-6-8-13(9-7-12)20-16-14-4-2-3-5-15(14)18-11-19-16/h2-9,11,17H,10H2,1H3. The second kappa shape index (κ2) is 6.03. The third-order valence-corrected chi connectivity index (χ3v) is 4.05. The summed E-state index contributed by atoms with van der Waals surface area (Å²) < 4.78 is 0. The van der Waals surface area contributed by atoms with Gasteiger partial charge in [-0.2, -0.15) is 0 Å². The van der Waals surface area contributed by atoms with Gasteiger partial charge in [0.05, 0.1) is 5.52 Å². The molecule has 3 aromatic rings. The fraction of sp³-hybridized carbons (Fsp3) is 0.125. The molecule has 0 saturated heterocycles. The Morgan fingerprint density at radius 3 is 2.60 bits per heavy atom. The van der Waals surface area contributed by atoms with E-state index in [4.69, 9.17) is 0 Å². The van der Waals surface area contributed by atoms with E-state index in [1.807, 2.05) is 25.2 Å². The predicted molar refractivity (Wildman–Crippen MR) is 82.9 cm³/mol. The van der Waals surface area contributed by atoms with Crippen LogP contribution in [0.5, 0.6) is 0 Å². The molecule has 0 spiro atoms. The third kappa shape index (κ3) is 2.81. The second-order valence-corrected chi connectivity index (χ2v) is 5.53. The Labute approximate surface area is 122 Å². The molecule has 20 heavy (non-hydrogen) atoms. The molecular formula is C16H15N3S. The first-order chi connectivity index (χ1) is 9.86. The molecule has 0 unspecified atom stereocenters. The zero-order valence-electron chi connectivity index (χ0n) is 11.2. The monoisotopic (exact) mass is 281 g/mol. The third-order valence-electron chi connectivity index (χ3n) is 3.03. The summed E-state index contributed by atoms with van der Waals surface area (Å²) in [6.45, 7) is 0.890. The number of rotatable bonds is 4. The minimum Gasteiger partial charge on any atom is -0.316 e. The Morgan fingerprint density at radius 2 is 1.80 bits per heavy atom. The maximum Gasteiger partial charge on any atom is 0.117 e. The first kappa shape index (κ1) is 13.1. The van der Waals surface area contributed by atoms with E-state index in [0.29, 0.717) is 0 Å². The number of nitrogens with one attached hydrogen (secondary N) is 1. The zero-order valence-corrected chi connectivity index (χ0v) is 12.0. The van der Waals surface area contributed by atoms with E-state index < -0.39 is 0 Å². The molecule has 0 atom stereocenters. The van der Waals surface area contributed by atoms with Crippen molar-refractivity contribution in [3.8, 4) is 0 Å². The first-order valence-electron chi connectivity index (χ1n) is 6.48. The highest BCUT2D eigenvalue weighted by Gasteiger charge is 2.05. The maximum atomic E-state index is 4.40. The molecule has 0 aliphatic carbocycles. The molecule has 0 aliphatic heterocycles. The Balaban J connectivity index is 1.89. The van der Waals surface area contributed by atoms with Crippen LogP contribution in [0.1, 0.15) is 5.56 Å². The molecule has 100 valence electrons. The minimum absolute atomic E-state index is 0.890. The number of benzene rings is 2. The van der Waals surface area contributed by atoms with E-state index in [1.54, 1.807) is 18.1 Å². The normalized spacial score (nSPS) is 10.8. The van der Waals surface area contributed by atoms with Crippen LogP contribution in [-0.4, -0.2) is 17.0 Å². The maximum absolute atomic E-state index is 4.40. The Kier molecular flexibility index (Phi) is 3.95. The number of para-hydroxylation sites is 1. The highest BCUT2D eigenvalue weighted by molar-refractivity contribution is 7.99. The van der Waals surface area contributed by atoms with Crippen LogP contribution >= 0.6 is 11.8 Å². The lowest BCUT2D eigenvalue weighted by atomic mass is 10.2. The van der Waals surface area contributed by atoms with Crippen molar-refractivity contribution in [3.63, 3.8) is 0 Å². The lowest BCUT2D eigenvalue weighted by molar-refractivity contribution is 0.817. The molecule has 3 nitrogen and oxygen atoms in total. The molecule has 1 heterocycles. The van der Waals surface area contributed by atoms with E-state index in [2.05, 4.69) is 45.6 Å². The van der Waals surface area contributed by atoms with Crippen LogP contribution in [0.15, 0.2) is 64.8 Å². The van der Waals surface area contributed by atoms with Crippen LogP contribution in [0, 0.1) is 0 Å². The van der Waals surface area contributed by atoms with E-state index in [9.17, 15) is 0 Å². The summed E-state index contributed by atoms with van der Waals surface area (Å²) in [4.78, 5) is 9.88. The average Bonchev–Trinajstić information content (AvgIpc) is 2.50. The second-order valence-electron chi connectivity index (χ2n) is 4.47. The van der Waals surface area contributed by atoms with Gasteiger partial charge in [-0.05, 0) is 30.8 Å². The number of aromatic nitrogens is 2. The van der Waals surface area contributed by atoms with Gasteiger partial charge in [0, 0.05) is 16.8 Å². The van der Waals surface area contributed by atoms with Crippen molar-refractivity contribution in [1.29, 1.82) is 0 Å². The number of hydrogen-bond acceptors (Lipinski definition) is 4. The predicted octanol–water partition coefficient (Wildman–Crippen LogP) is 3.50. The molecule has 0 radical (unpaired) electrons. The lowest BCUT2D eigenvalue weighted by Gasteiger charge is -2.05. The minimum atomic E-state index is 0.890. The Bertz CT molecular complexity index is 705. The summed E-state index contributed by atoms with van der Waals surface area (Å²) in [7, 11) is 1.95. The first-order valence-corrected chi connectivity index (χ1v) is 7.29. The quantitative estimate of drug-likeness (QED) is 0.743. The Morgan fingerprint density at radius 1 is 1.00 bits per heavy atom. The smallest absolute Gasteiger partial charge is 0.117 e. The van der Waals surface area contributed by atoms with Crippen LogP contribution < -0.4 is 5.32 Å². The molecule has 3 rings (SSSR count). The van der Waals surface area contributed by atoms with Gasteiger partial charge >= 0.3 is 0 Å². The molecule has 1 aromatic heterocycles. The summed E-state index contributed by atoms with van der Waals surface area (Å²) in [5.74, 6) is 0. The molecule has 0 saturated carbocycles. The molecule has 0 aliphatic rings. The summed E-state index contributed by atoms with van der Waals surface area (Å²) in [6, 6.07) is 16.6. The average molecular weight is 281 g/mol. The fourth-order valence-corrected chi connectivity index (χ4v) is 2.93. The fourth-order valence-electron chi connectivity index (χ4n) is 2.05. The van der Waals surface area contributed by atoms with Crippen molar-refractivity contribution in [2.75, 3.05) is 7.05 Å². The van der Waals surface area contributed by atoms with Gasteiger partial charge in [0.2, 0.25) is 0 Å². The highest BCUT2D eigenvalue weighted by atomic mass is 32.2. The highest BCUT2D eigenvalue weighted by Crippen LogP contribution is 2.30. The van der Waals surface area contributed by atoms with Crippen LogP contribution in [0.3, 0.4) is 0 Å². The van der Waals surface area contributed by atoms with Crippen LogP contribution in [-0.2, 0) is 6.54 Å². The van der Waals surface area contributed by atoms with Gasteiger partial charge in [0.25, 0.3) is 0 Å². The zero-order chi connectivity index (χ0) is 13.8. The summed E-state index contributed by atoms with van der Waals surface area (Å²) in [5.41, 5.74) is 2.26. The van der Waals surface area contributed by atoms with Crippen molar-refractivity contribution in [1.82, 2.24) is 15.3 Å². The van der Waals surface area contributed by atoms with Gasteiger partial charge in [0.1, 0.15) is 11.4 Å². The number of nitrogens with zero attached hydrogens (tertiary/aromatic N) is 2. The number of fused-ring (bicyclic) bond motifs is 1. The summed E-state index contributed by atoms with van der Waals surface area (Å²) in [5, 5.41) is 5.24. The van der Waals surface area contributed by atoms with E-state index in [-0.39, 0.29) is 0 Å². The van der Waals surface area contributed by atoms with Gasteiger partial charge in [0.15, 0.2) is 0 Å². The molecule has 1 N–H and O–H groups in total. The molecule has 0 amide bonds. The van der Waals surface area contributed by atoms with Crippen molar-refractivity contribution in [2.45, 2.75) is 16.5 Å². The van der Waals surface area contributed by atoms with Crippen molar-refractivity contribution in [2.24, 2.45) is 0 Å². The molecule has 2 aromatic carbocycles. The van der Waals surface area contributed by atoms with Gasteiger partial charge in [-0.25, -0.2) is 9.97 Å². The van der Waals surface area contributed by atoms with E-state index in [0.717, 1.165) is 22.5 Å². The molecule has 0 fully saturated rings. The molecule has 0 bridgehead atoms. The molecule has 4 heteroatoms. The van der Waals surface area contributed by atoms with Gasteiger partial charge in [-0.3, -0.25) is 0 Å². The Hall–Kier alpha value is -1.91. The van der Waals surface area contributed by atoms with Gasteiger partial charge in [-0.1, -0.05) is 42.1 Å². The van der Waals surface area contributed by atoms with Crippen LogP contribution in [0.25, 0.3) is 10.9 Å². The van der Waals surface area contributed by atoms with Crippen LogP contribution in [0.2, 0.25) is 0 Å². The SMILES string of the molecule is CNCc1ccc(Sc2ncnc3ccccc23)cc1. The van der Waals surface area contributed by atoms with Gasteiger partial charge < -0.3 is 5.32 Å². The molecular weight excluding hydrogens is 266 g/mol. The van der Waals surface area contributed by atoms with Gasteiger partial charge in [-0.15, -0.1) is 0 Å². The summed E-state index contributed by atoms with van der Waals surface area (Å²) >= 11 is 1.67. The van der Waals surface area contributed by atoms with E-state index in [1.165, 1.54) is 10.5 Å². The lowest BCUT2D eigenvalue weighted by Crippen LogP contribution is -2.04. The largest absolute Gasteiger partial charge is 0.316 e. The summed E-state index contributed by atoms with van der Waals surface area (Å²) in [6.07, 6.45) is 1.63.